The Hall–Kier alpha value is -0.650. The molecule has 0 aliphatic carbocycles. The lowest BCUT2D eigenvalue weighted by Gasteiger charge is -2.08. The lowest BCUT2D eigenvalue weighted by molar-refractivity contribution is 1.20. The van der Waals surface area contributed by atoms with Gasteiger partial charge in [0, 0.05) is 21.3 Å². The Balaban J connectivity index is 2.31. The van der Waals surface area contributed by atoms with Gasteiger partial charge in [0.05, 0.1) is 5.69 Å². The number of halogens is 3. The average molecular weight is 363 g/mol. The molecule has 1 heterocycles. The van der Waals surface area contributed by atoms with E-state index in [1.165, 1.54) is 0 Å². The van der Waals surface area contributed by atoms with Crippen LogP contribution in [0.5, 0.6) is 0 Å². The summed E-state index contributed by atoms with van der Waals surface area (Å²) in [5.74, 6) is 0.534. The number of nitrogens with zero attached hydrogens (tertiary/aromatic N) is 2. The second-order valence-corrected chi connectivity index (χ2v) is 5.07. The third-order valence-corrected chi connectivity index (χ3v) is 3.26. The van der Waals surface area contributed by atoms with Crippen LogP contribution < -0.4 is 5.32 Å². The van der Waals surface area contributed by atoms with Crippen LogP contribution >= 0.6 is 43.5 Å². The Morgan fingerprint density at radius 3 is 2.56 bits per heavy atom. The van der Waals surface area contributed by atoms with Gasteiger partial charge in [0.15, 0.2) is 11.0 Å². The predicted octanol–water partition coefficient (Wildman–Crippen LogP) is 4.40. The summed E-state index contributed by atoms with van der Waals surface area (Å²) in [5, 5.41) is 3.44. The van der Waals surface area contributed by atoms with Gasteiger partial charge in [-0.05, 0) is 34.1 Å². The van der Waals surface area contributed by atoms with E-state index in [1.54, 1.807) is 12.4 Å². The first-order valence-corrected chi connectivity index (χ1v) is 6.32. The zero-order valence-electron chi connectivity index (χ0n) is 7.92. The van der Waals surface area contributed by atoms with Crippen molar-refractivity contribution in [3.8, 4) is 0 Å². The van der Waals surface area contributed by atoms with Crippen molar-refractivity contribution in [3.63, 3.8) is 0 Å². The van der Waals surface area contributed by atoms with Crippen LogP contribution in [-0.4, -0.2) is 9.97 Å². The van der Waals surface area contributed by atoms with Crippen molar-refractivity contribution >= 4 is 55.0 Å². The monoisotopic (exact) mass is 361 g/mol. The molecule has 82 valence electrons. The van der Waals surface area contributed by atoms with Gasteiger partial charge < -0.3 is 5.32 Å². The van der Waals surface area contributed by atoms with Crippen molar-refractivity contribution < 1.29 is 0 Å². The number of rotatable bonds is 2. The molecule has 2 rings (SSSR count). The Morgan fingerprint density at radius 2 is 1.88 bits per heavy atom. The molecular formula is C10H6Br2ClN3. The standard InChI is InChI=1S/C10H6Br2ClN3/c11-6-1-2-8(7(12)5-6)16-10-9(13)14-3-4-15-10/h1-5H,(H,15,16). The largest absolute Gasteiger partial charge is 0.337 e. The van der Waals surface area contributed by atoms with E-state index < -0.39 is 0 Å². The van der Waals surface area contributed by atoms with E-state index in [2.05, 4.69) is 47.1 Å². The van der Waals surface area contributed by atoms with Crippen molar-refractivity contribution in [1.29, 1.82) is 0 Å². The maximum Gasteiger partial charge on any atom is 0.171 e. The summed E-state index contributed by atoms with van der Waals surface area (Å²) in [5.41, 5.74) is 0.880. The Bertz CT molecular complexity index is 519. The smallest absolute Gasteiger partial charge is 0.171 e. The Kier molecular flexibility index (Phi) is 3.78. The van der Waals surface area contributed by atoms with Crippen LogP contribution in [0.4, 0.5) is 11.5 Å². The minimum absolute atomic E-state index is 0.345. The van der Waals surface area contributed by atoms with Gasteiger partial charge in [-0.15, -0.1) is 0 Å². The van der Waals surface area contributed by atoms with Gasteiger partial charge in [-0.1, -0.05) is 27.5 Å². The summed E-state index contributed by atoms with van der Waals surface area (Å²) >= 11 is 12.7. The fraction of sp³-hybridized carbons (Fsp3) is 0. The highest BCUT2D eigenvalue weighted by molar-refractivity contribution is 9.11. The minimum Gasteiger partial charge on any atom is -0.337 e. The van der Waals surface area contributed by atoms with Gasteiger partial charge >= 0.3 is 0 Å². The highest BCUT2D eigenvalue weighted by atomic mass is 79.9. The molecule has 0 spiro atoms. The summed E-state index contributed by atoms with van der Waals surface area (Å²) in [6.45, 7) is 0. The molecule has 0 aliphatic rings. The Morgan fingerprint density at radius 1 is 1.12 bits per heavy atom. The van der Waals surface area contributed by atoms with Crippen LogP contribution in [0.3, 0.4) is 0 Å². The summed E-state index contributed by atoms with van der Waals surface area (Å²) in [6, 6.07) is 5.78. The number of benzene rings is 1. The molecule has 0 amide bonds. The number of nitrogens with one attached hydrogen (secondary N) is 1. The van der Waals surface area contributed by atoms with Crippen LogP contribution in [0.15, 0.2) is 39.5 Å². The quantitative estimate of drug-likeness (QED) is 0.859. The summed E-state index contributed by atoms with van der Waals surface area (Å²) in [6.07, 6.45) is 3.13. The van der Waals surface area contributed by atoms with Gasteiger partial charge in [-0.2, -0.15) is 0 Å². The average Bonchev–Trinajstić information content (AvgIpc) is 2.25. The molecule has 0 unspecified atom stereocenters. The van der Waals surface area contributed by atoms with E-state index in [4.69, 9.17) is 11.6 Å². The van der Waals surface area contributed by atoms with E-state index >= 15 is 0 Å². The highest BCUT2D eigenvalue weighted by Gasteiger charge is 2.05. The van der Waals surface area contributed by atoms with Crippen molar-refractivity contribution in [3.05, 3.63) is 44.7 Å². The molecule has 1 aromatic carbocycles. The van der Waals surface area contributed by atoms with E-state index in [0.29, 0.717) is 11.0 Å². The van der Waals surface area contributed by atoms with Crippen LogP contribution in [-0.2, 0) is 0 Å². The maximum absolute atomic E-state index is 5.90. The molecule has 0 aliphatic heterocycles. The van der Waals surface area contributed by atoms with Crippen molar-refractivity contribution in [1.82, 2.24) is 9.97 Å². The molecule has 0 atom stereocenters. The summed E-state index contributed by atoms with van der Waals surface area (Å²) in [7, 11) is 0. The lowest BCUT2D eigenvalue weighted by Crippen LogP contribution is -1.96. The third-order valence-electron chi connectivity index (χ3n) is 1.84. The number of aromatic nitrogens is 2. The van der Waals surface area contributed by atoms with E-state index in [9.17, 15) is 0 Å². The fourth-order valence-electron chi connectivity index (χ4n) is 1.12. The second-order valence-electron chi connectivity index (χ2n) is 2.94. The zero-order valence-corrected chi connectivity index (χ0v) is 11.8. The fourth-order valence-corrected chi connectivity index (χ4v) is 2.42. The van der Waals surface area contributed by atoms with Gasteiger partial charge in [-0.3, -0.25) is 0 Å². The Labute approximate surface area is 115 Å². The normalized spacial score (nSPS) is 10.2. The summed E-state index contributed by atoms with van der Waals surface area (Å²) in [4.78, 5) is 8.04. The first kappa shape index (κ1) is 11.8. The lowest BCUT2D eigenvalue weighted by atomic mass is 10.3. The van der Waals surface area contributed by atoms with Crippen molar-refractivity contribution in [2.24, 2.45) is 0 Å². The molecule has 6 heteroatoms. The van der Waals surface area contributed by atoms with Crippen molar-refractivity contribution in [2.75, 3.05) is 5.32 Å². The second kappa shape index (κ2) is 5.12. The molecule has 0 saturated heterocycles. The molecule has 0 fully saturated rings. The third kappa shape index (κ3) is 2.72. The molecule has 1 N–H and O–H groups in total. The maximum atomic E-state index is 5.90. The van der Waals surface area contributed by atoms with Crippen LogP contribution in [0.2, 0.25) is 5.15 Å². The molecule has 0 bridgehead atoms. The minimum atomic E-state index is 0.345. The van der Waals surface area contributed by atoms with Crippen LogP contribution in [0.1, 0.15) is 0 Å². The van der Waals surface area contributed by atoms with E-state index in [1.807, 2.05) is 18.2 Å². The SMILES string of the molecule is Clc1nccnc1Nc1ccc(Br)cc1Br. The molecule has 0 saturated carbocycles. The van der Waals surface area contributed by atoms with Crippen LogP contribution in [0.25, 0.3) is 0 Å². The molecular weight excluding hydrogens is 357 g/mol. The van der Waals surface area contributed by atoms with Gasteiger partial charge in [-0.25, -0.2) is 9.97 Å². The zero-order chi connectivity index (χ0) is 11.5. The van der Waals surface area contributed by atoms with E-state index in [-0.39, 0.29) is 0 Å². The first-order chi connectivity index (χ1) is 7.66. The number of hydrogen-bond acceptors (Lipinski definition) is 3. The number of anilines is 2. The highest BCUT2D eigenvalue weighted by Crippen LogP contribution is 2.29. The van der Waals surface area contributed by atoms with Gasteiger partial charge in [0.2, 0.25) is 0 Å². The van der Waals surface area contributed by atoms with E-state index in [0.717, 1.165) is 14.6 Å². The first-order valence-electron chi connectivity index (χ1n) is 4.35. The molecule has 2 aromatic rings. The van der Waals surface area contributed by atoms with Crippen LogP contribution in [0, 0.1) is 0 Å². The summed E-state index contributed by atoms with van der Waals surface area (Å²) < 4.78 is 1.92. The van der Waals surface area contributed by atoms with Gasteiger partial charge in [0.25, 0.3) is 0 Å². The number of hydrogen-bond donors (Lipinski definition) is 1. The molecule has 3 nitrogen and oxygen atoms in total. The van der Waals surface area contributed by atoms with Gasteiger partial charge in [0.1, 0.15) is 0 Å². The predicted molar refractivity (Wildman–Crippen MR) is 72.2 cm³/mol. The van der Waals surface area contributed by atoms with Crippen molar-refractivity contribution in [2.45, 2.75) is 0 Å². The molecule has 0 radical (unpaired) electrons. The molecule has 1 aromatic heterocycles. The topological polar surface area (TPSA) is 37.8 Å². The molecule has 16 heavy (non-hydrogen) atoms.